The monoisotopic (exact) mass is 435 g/mol. The van der Waals surface area contributed by atoms with Crippen LogP contribution < -0.4 is 5.32 Å². The van der Waals surface area contributed by atoms with Crippen LogP contribution in [0.2, 0.25) is 0 Å². The van der Waals surface area contributed by atoms with Gasteiger partial charge in [0.25, 0.3) is 0 Å². The van der Waals surface area contributed by atoms with Crippen LogP contribution in [0.3, 0.4) is 0 Å². The van der Waals surface area contributed by atoms with Crippen molar-refractivity contribution in [1.82, 2.24) is 24.7 Å². The first kappa shape index (κ1) is 21.3. The lowest BCUT2D eigenvalue weighted by molar-refractivity contribution is 0.277. The molecular weight excluding hydrogens is 406 g/mol. The molecule has 1 saturated heterocycles. The van der Waals surface area contributed by atoms with Crippen LogP contribution in [0.15, 0.2) is 54.7 Å². The highest BCUT2D eigenvalue weighted by Gasteiger charge is 2.41. The first-order valence-corrected chi connectivity index (χ1v) is 10.9. The van der Waals surface area contributed by atoms with Crippen LogP contribution in [-0.4, -0.2) is 56.8 Å². The van der Waals surface area contributed by atoms with Crippen molar-refractivity contribution in [3.8, 4) is 11.4 Å². The summed E-state index contributed by atoms with van der Waals surface area (Å²) in [6.07, 6.45) is 1.82. The fourth-order valence-electron chi connectivity index (χ4n) is 4.40. The number of rotatable bonds is 6. The molecule has 162 valence electrons. The van der Waals surface area contributed by atoms with E-state index in [1.54, 1.807) is 6.07 Å². The number of phenolic OH excluding ortho intramolecular Hbond substituents is 1. The maximum atomic E-state index is 10.5. The van der Waals surface area contributed by atoms with Gasteiger partial charge in [-0.3, -0.25) is 4.98 Å². The summed E-state index contributed by atoms with van der Waals surface area (Å²) in [5, 5.41) is 14.7. The van der Waals surface area contributed by atoms with Crippen LogP contribution in [0.1, 0.15) is 34.7 Å². The van der Waals surface area contributed by atoms with Crippen molar-refractivity contribution in [3.63, 3.8) is 0 Å². The van der Waals surface area contributed by atoms with E-state index >= 15 is 0 Å². The van der Waals surface area contributed by atoms with Crippen LogP contribution >= 0.6 is 12.2 Å². The molecule has 6 nitrogen and oxygen atoms in total. The molecule has 4 rings (SSSR count). The average Bonchev–Trinajstić information content (AvgIpc) is 3.23. The molecule has 0 bridgehead atoms. The number of aromatic nitrogens is 2. The molecule has 2 atom stereocenters. The summed E-state index contributed by atoms with van der Waals surface area (Å²) in [6.45, 7) is 5.89. The Morgan fingerprint density at radius 1 is 1.13 bits per heavy atom. The third kappa shape index (κ3) is 4.03. The summed E-state index contributed by atoms with van der Waals surface area (Å²) in [6, 6.07) is 15.6. The van der Waals surface area contributed by atoms with E-state index in [9.17, 15) is 5.11 Å². The number of thiocarbonyl (C=S) groups is 1. The van der Waals surface area contributed by atoms with Gasteiger partial charge < -0.3 is 24.8 Å². The van der Waals surface area contributed by atoms with Crippen LogP contribution in [0.25, 0.3) is 5.69 Å². The second-order valence-electron chi connectivity index (χ2n) is 8.27. The molecule has 2 N–H and O–H groups in total. The van der Waals surface area contributed by atoms with Gasteiger partial charge in [0.15, 0.2) is 5.11 Å². The summed E-state index contributed by atoms with van der Waals surface area (Å²) in [7, 11) is 4.14. The number of likely N-dealkylation sites (N-methyl/N-ethyl adjacent to an activating group) is 1. The Hall–Kier alpha value is -2.90. The maximum absolute atomic E-state index is 10.5. The van der Waals surface area contributed by atoms with Crippen molar-refractivity contribution < 1.29 is 5.11 Å². The SMILES string of the molecule is Cc1cc([C@H]2[C@H](c3ccccn3)NC(=S)N2CCN(C)C)c(C)n1-c1ccccc1O. The molecule has 0 radical (unpaired) electrons. The number of benzene rings is 1. The number of hydrogen-bond donors (Lipinski definition) is 2. The van der Waals surface area contributed by atoms with Gasteiger partial charge in [-0.2, -0.15) is 0 Å². The minimum atomic E-state index is -0.0471. The minimum absolute atomic E-state index is 0.00755. The third-order valence-corrected chi connectivity index (χ3v) is 6.25. The zero-order valence-corrected chi connectivity index (χ0v) is 19.2. The number of aryl methyl sites for hydroxylation is 1. The Labute approximate surface area is 189 Å². The Balaban J connectivity index is 1.82. The topological polar surface area (TPSA) is 56.6 Å². The van der Waals surface area contributed by atoms with Gasteiger partial charge in [0.1, 0.15) is 5.75 Å². The number of nitrogens with one attached hydrogen (secondary N) is 1. The van der Waals surface area contributed by atoms with E-state index in [0.717, 1.165) is 41.0 Å². The van der Waals surface area contributed by atoms with E-state index < -0.39 is 0 Å². The van der Waals surface area contributed by atoms with Gasteiger partial charge in [-0.05, 0) is 76.1 Å². The quantitative estimate of drug-likeness (QED) is 0.576. The van der Waals surface area contributed by atoms with E-state index in [0.29, 0.717) is 0 Å². The van der Waals surface area contributed by atoms with Crippen molar-refractivity contribution >= 4 is 17.3 Å². The van der Waals surface area contributed by atoms with E-state index in [-0.39, 0.29) is 17.8 Å². The number of hydrogen-bond acceptors (Lipinski definition) is 4. The lowest BCUT2D eigenvalue weighted by atomic mass is 9.96. The highest BCUT2D eigenvalue weighted by Crippen LogP contribution is 2.41. The predicted molar refractivity (Wildman–Crippen MR) is 128 cm³/mol. The molecule has 0 saturated carbocycles. The summed E-state index contributed by atoms with van der Waals surface area (Å²) in [4.78, 5) is 9.06. The second-order valence-corrected chi connectivity index (χ2v) is 8.66. The van der Waals surface area contributed by atoms with Crippen molar-refractivity contribution in [2.24, 2.45) is 0 Å². The molecule has 0 amide bonds. The number of aromatic hydroxyl groups is 1. The number of nitrogens with zero attached hydrogens (tertiary/aromatic N) is 4. The summed E-state index contributed by atoms with van der Waals surface area (Å²) >= 11 is 5.77. The van der Waals surface area contributed by atoms with E-state index in [1.807, 2.05) is 42.6 Å². The molecule has 1 aliphatic rings. The van der Waals surface area contributed by atoms with Crippen LogP contribution in [0.4, 0.5) is 0 Å². The van der Waals surface area contributed by atoms with Gasteiger partial charge in [-0.1, -0.05) is 18.2 Å². The van der Waals surface area contributed by atoms with Gasteiger partial charge in [0.2, 0.25) is 0 Å². The van der Waals surface area contributed by atoms with Crippen LogP contribution in [0, 0.1) is 13.8 Å². The molecule has 2 aromatic heterocycles. The number of pyridine rings is 1. The molecule has 7 heteroatoms. The van der Waals surface area contributed by atoms with Crippen LogP contribution in [0.5, 0.6) is 5.75 Å². The molecule has 1 aliphatic heterocycles. The summed E-state index contributed by atoms with van der Waals surface area (Å²) in [5.41, 5.74) is 5.09. The molecule has 0 unspecified atom stereocenters. The fourth-order valence-corrected chi connectivity index (χ4v) is 4.74. The Bertz CT molecular complexity index is 1080. The molecule has 1 fully saturated rings. The van der Waals surface area contributed by atoms with E-state index in [2.05, 4.69) is 58.7 Å². The summed E-state index contributed by atoms with van der Waals surface area (Å²) < 4.78 is 2.12. The molecule has 3 heterocycles. The van der Waals surface area contributed by atoms with Crippen molar-refractivity contribution in [1.29, 1.82) is 0 Å². The van der Waals surface area contributed by atoms with Gasteiger partial charge in [0.05, 0.1) is 23.5 Å². The van der Waals surface area contributed by atoms with Crippen molar-refractivity contribution in [3.05, 3.63) is 77.4 Å². The van der Waals surface area contributed by atoms with E-state index in [4.69, 9.17) is 12.2 Å². The lowest BCUT2D eigenvalue weighted by Gasteiger charge is -2.29. The molecule has 3 aromatic rings. The standard InChI is InChI=1S/C24H29N5OS/c1-16-15-18(17(2)29(16)20-10-5-6-11-21(20)30)23-22(19-9-7-8-12-25-19)26-24(31)28(23)14-13-27(3)4/h5-12,15,22-23,30H,13-14H2,1-4H3,(H,26,31)/t22-,23-/m0/s1. The first-order valence-electron chi connectivity index (χ1n) is 10.5. The molecule has 31 heavy (non-hydrogen) atoms. The molecule has 0 spiro atoms. The van der Waals surface area contributed by atoms with Gasteiger partial charge in [0, 0.05) is 30.7 Å². The van der Waals surface area contributed by atoms with Gasteiger partial charge in [-0.25, -0.2) is 0 Å². The molecule has 1 aromatic carbocycles. The molecular formula is C24H29N5OS. The fraction of sp³-hybridized carbons (Fsp3) is 0.333. The Morgan fingerprint density at radius 2 is 1.87 bits per heavy atom. The predicted octanol–water partition coefficient (Wildman–Crippen LogP) is 3.73. The highest BCUT2D eigenvalue weighted by atomic mass is 32.1. The Kier molecular flexibility index (Phi) is 5.98. The zero-order chi connectivity index (χ0) is 22.1. The second kappa shape index (κ2) is 8.69. The first-order chi connectivity index (χ1) is 14.9. The van der Waals surface area contributed by atoms with Gasteiger partial charge >= 0.3 is 0 Å². The maximum Gasteiger partial charge on any atom is 0.170 e. The third-order valence-electron chi connectivity index (χ3n) is 5.90. The molecule has 0 aliphatic carbocycles. The normalized spacial score (nSPS) is 18.6. The van der Waals surface area contributed by atoms with Crippen molar-refractivity contribution in [2.75, 3.05) is 27.2 Å². The van der Waals surface area contributed by atoms with Crippen molar-refractivity contribution in [2.45, 2.75) is 25.9 Å². The van der Waals surface area contributed by atoms with Crippen LogP contribution in [-0.2, 0) is 0 Å². The number of phenols is 1. The van der Waals surface area contributed by atoms with Gasteiger partial charge in [-0.15, -0.1) is 0 Å². The zero-order valence-electron chi connectivity index (χ0n) is 18.4. The highest BCUT2D eigenvalue weighted by molar-refractivity contribution is 7.80. The lowest BCUT2D eigenvalue weighted by Crippen LogP contribution is -2.35. The number of para-hydroxylation sites is 2. The minimum Gasteiger partial charge on any atom is -0.506 e. The average molecular weight is 436 g/mol. The van der Waals surface area contributed by atoms with E-state index in [1.165, 1.54) is 5.56 Å². The Morgan fingerprint density at radius 3 is 2.55 bits per heavy atom. The smallest absolute Gasteiger partial charge is 0.170 e. The summed E-state index contributed by atoms with van der Waals surface area (Å²) in [5.74, 6) is 0.265. The largest absolute Gasteiger partial charge is 0.506 e.